The monoisotopic (exact) mass is 221 g/mol. The van der Waals surface area contributed by atoms with Crippen molar-refractivity contribution >= 4 is 16.3 Å². The molecule has 1 aromatic heterocycles. The molecule has 1 N–H and O–H groups in total. The minimum Gasteiger partial charge on any atom is -0.501 e. The molecule has 0 aliphatic carbocycles. The molecule has 0 saturated carbocycles. The minimum absolute atomic E-state index is 0.214. The van der Waals surface area contributed by atoms with Gasteiger partial charge in [-0.05, 0) is 5.56 Å². The Morgan fingerprint density at radius 3 is 2.47 bits per heavy atom. The lowest BCUT2D eigenvalue weighted by Crippen LogP contribution is -1.83. The van der Waals surface area contributed by atoms with Crippen LogP contribution in [0, 0.1) is 10.1 Å². The van der Waals surface area contributed by atoms with Crippen molar-refractivity contribution in [3.8, 4) is 16.9 Å². The van der Waals surface area contributed by atoms with E-state index in [9.17, 15) is 15.2 Å². The predicted molar refractivity (Wildman–Crippen MR) is 58.1 cm³/mol. The summed E-state index contributed by atoms with van der Waals surface area (Å²) in [5, 5.41) is 21.5. The van der Waals surface area contributed by atoms with Gasteiger partial charge in [0.2, 0.25) is 5.75 Å². The summed E-state index contributed by atoms with van der Waals surface area (Å²) in [6.07, 6.45) is 0. The van der Waals surface area contributed by atoms with Gasteiger partial charge >= 0.3 is 5.00 Å². The lowest BCUT2D eigenvalue weighted by molar-refractivity contribution is -0.381. The van der Waals surface area contributed by atoms with Crippen LogP contribution in [0.2, 0.25) is 0 Å². The summed E-state index contributed by atoms with van der Waals surface area (Å²) in [5.74, 6) is -0.254. The number of thiophene rings is 1. The van der Waals surface area contributed by atoms with Gasteiger partial charge in [-0.25, -0.2) is 0 Å². The first kappa shape index (κ1) is 9.67. The first-order valence-electron chi connectivity index (χ1n) is 4.20. The van der Waals surface area contributed by atoms with E-state index >= 15 is 0 Å². The predicted octanol–water partition coefficient (Wildman–Crippen LogP) is 3.03. The summed E-state index contributed by atoms with van der Waals surface area (Å²) in [6, 6.07) is 9.08. The Morgan fingerprint density at radius 1 is 1.27 bits per heavy atom. The SMILES string of the molecule is O=[N+]([O-])c1scc(-c2ccccc2)c1O. The van der Waals surface area contributed by atoms with Crippen molar-refractivity contribution in [3.05, 3.63) is 45.8 Å². The Kier molecular flexibility index (Phi) is 2.39. The zero-order chi connectivity index (χ0) is 10.8. The number of nitro groups is 1. The van der Waals surface area contributed by atoms with Crippen LogP contribution in [-0.4, -0.2) is 10.0 Å². The van der Waals surface area contributed by atoms with E-state index in [2.05, 4.69) is 0 Å². The summed E-state index contributed by atoms with van der Waals surface area (Å²) in [4.78, 5) is 9.95. The molecular formula is C10H7NO3S. The Hall–Kier alpha value is -1.88. The number of hydrogen-bond acceptors (Lipinski definition) is 4. The Bertz CT molecular complexity index is 493. The van der Waals surface area contributed by atoms with Crippen molar-refractivity contribution in [1.29, 1.82) is 0 Å². The third kappa shape index (κ3) is 1.69. The quantitative estimate of drug-likeness (QED) is 0.626. The van der Waals surface area contributed by atoms with Crippen LogP contribution in [0.3, 0.4) is 0 Å². The second-order valence-electron chi connectivity index (χ2n) is 2.93. The zero-order valence-electron chi connectivity index (χ0n) is 7.58. The van der Waals surface area contributed by atoms with Gasteiger partial charge in [0.1, 0.15) is 0 Å². The van der Waals surface area contributed by atoms with Crippen LogP contribution in [0.25, 0.3) is 11.1 Å². The fourth-order valence-corrected chi connectivity index (χ4v) is 2.08. The van der Waals surface area contributed by atoms with Gasteiger partial charge in [0.05, 0.1) is 4.92 Å². The van der Waals surface area contributed by atoms with E-state index < -0.39 is 4.92 Å². The molecule has 1 aromatic carbocycles. The zero-order valence-corrected chi connectivity index (χ0v) is 8.40. The van der Waals surface area contributed by atoms with E-state index in [0.717, 1.165) is 16.9 Å². The molecule has 0 aliphatic rings. The first-order chi connectivity index (χ1) is 7.20. The maximum Gasteiger partial charge on any atom is 0.366 e. The molecule has 0 saturated heterocycles. The maximum atomic E-state index is 10.5. The molecule has 1 heterocycles. The molecule has 4 nitrogen and oxygen atoms in total. The van der Waals surface area contributed by atoms with Crippen molar-refractivity contribution in [2.45, 2.75) is 0 Å². The van der Waals surface area contributed by atoms with Crippen molar-refractivity contribution in [1.82, 2.24) is 0 Å². The maximum absolute atomic E-state index is 10.5. The lowest BCUT2D eigenvalue weighted by Gasteiger charge is -1.96. The van der Waals surface area contributed by atoms with E-state index in [0.29, 0.717) is 5.56 Å². The fourth-order valence-electron chi connectivity index (χ4n) is 1.29. The van der Waals surface area contributed by atoms with Crippen molar-refractivity contribution < 1.29 is 10.0 Å². The molecule has 0 spiro atoms. The smallest absolute Gasteiger partial charge is 0.366 e. The molecule has 0 amide bonds. The second-order valence-corrected chi connectivity index (χ2v) is 3.78. The molecule has 2 rings (SSSR count). The average molecular weight is 221 g/mol. The standard InChI is InChI=1S/C10H7NO3S/c12-9-8(6-15-10(9)11(13)14)7-4-2-1-3-5-7/h1-6,12H. The molecule has 0 radical (unpaired) electrons. The van der Waals surface area contributed by atoms with Crippen LogP contribution in [0.15, 0.2) is 35.7 Å². The topological polar surface area (TPSA) is 63.4 Å². The van der Waals surface area contributed by atoms with Crippen LogP contribution in [0.5, 0.6) is 5.75 Å². The van der Waals surface area contributed by atoms with Gasteiger partial charge in [-0.2, -0.15) is 0 Å². The van der Waals surface area contributed by atoms with E-state index in [1.54, 1.807) is 17.5 Å². The van der Waals surface area contributed by atoms with Gasteiger partial charge in [0.25, 0.3) is 0 Å². The van der Waals surface area contributed by atoms with Crippen molar-refractivity contribution in [3.63, 3.8) is 0 Å². The van der Waals surface area contributed by atoms with E-state index in [1.165, 1.54) is 0 Å². The van der Waals surface area contributed by atoms with Gasteiger partial charge in [-0.15, -0.1) is 0 Å². The van der Waals surface area contributed by atoms with Crippen LogP contribution >= 0.6 is 11.3 Å². The average Bonchev–Trinajstić information content (AvgIpc) is 2.61. The highest BCUT2D eigenvalue weighted by Crippen LogP contribution is 2.42. The third-order valence-electron chi connectivity index (χ3n) is 2.00. The summed E-state index contributed by atoms with van der Waals surface area (Å²) >= 11 is 0.930. The number of benzene rings is 1. The van der Waals surface area contributed by atoms with Crippen LogP contribution in [0.4, 0.5) is 5.00 Å². The van der Waals surface area contributed by atoms with Gasteiger partial charge < -0.3 is 5.11 Å². The molecule has 0 bridgehead atoms. The highest BCUT2D eigenvalue weighted by molar-refractivity contribution is 7.14. The highest BCUT2D eigenvalue weighted by atomic mass is 32.1. The number of nitrogens with zero attached hydrogens (tertiary/aromatic N) is 1. The normalized spacial score (nSPS) is 10.1. The summed E-state index contributed by atoms with van der Waals surface area (Å²) in [7, 11) is 0. The summed E-state index contributed by atoms with van der Waals surface area (Å²) < 4.78 is 0. The van der Waals surface area contributed by atoms with Gasteiger partial charge in [0.15, 0.2) is 0 Å². The molecule has 0 aliphatic heterocycles. The Balaban J connectivity index is 2.52. The number of hydrogen-bond donors (Lipinski definition) is 1. The van der Waals surface area contributed by atoms with Crippen LogP contribution in [0.1, 0.15) is 0 Å². The molecule has 5 heteroatoms. The largest absolute Gasteiger partial charge is 0.501 e. The lowest BCUT2D eigenvalue weighted by atomic mass is 10.1. The van der Waals surface area contributed by atoms with Gasteiger partial charge in [-0.1, -0.05) is 41.7 Å². The van der Waals surface area contributed by atoms with E-state index in [-0.39, 0.29) is 10.8 Å². The molecule has 0 fully saturated rings. The number of rotatable bonds is 2. The van der Waals surface area contributed by atoms with Crippen LogP contribution < -0.4 is 0 Å². The third-order valence-corrected chi connectivity index (χ3v) is 2.92. The van der Waals surface area contributed by atoms with E-state index in [4.69, 9.17) is 0 Å². The first-order valence-corrected chi connectivity index (χ1v) is 5.08. The van der Waals surface area contributed by atoms with Gasteiger partial charge in [0, 0.05) is 10.9 Å². The highest BCUT2D eigenvalue weighted by Gasteiger charge is 2.20. The fraction of sp³-hybridized carbons (Fsp3) is 0. The van der Waals surface area contributed by atoms with Crippen molar-refractivity contribution in [2.75, 3.05) is 0 Å². The van der Waals surface area contributed by atoms with E-state index in [1.807, 2.05) is 18.2 Å². The molecule has 0 unspecified atom stereocenters. The summed E-state index contributed by atoms with van der Waals surface area (Å²) in [6.45, 7) is 0. The molecule has 2 aromatic rings. The summed E-state index contributed by atoms with van der Waals surface area (Å²) in [5.41, 5.74) is 1.28. The molecule has 76 valence electrons. The van der Waals surface area contributed by atoms with Crippen molar-refractivity contribution in [2.24, 2.45) is 0 Å². The Labute approximate surface area is 89.6 Å². The minimum atomic E-state index is -0.577. The molecule has 15 heavy (non-hydrogen) atoms. The molecular weight excluding hydrogens is 214 g/mol. The van der Waals surface area contributed by atoms with Crippen LogP contribution in [-0.2, 0) is 0 Å². The Morgan fingerprint density at radius 2 is 1.93 bits per heavy atom. The second kappa shape index (κ2) is 3.70. The number of aromatic hydroxyl groups is 1. The van der Waals surface area contributed by atoms with Gasteiger partial charge in [-0.3, -0.25) is 10.1 Å². The molecule has 0 atom stereocenters.